The highest BCUT2D eigenvalue weighted by molar-refractivity contribution is 5.95. The third kappa shape index (κ3) is 5.05. The Labute approximate surface area is 267 Å². The summed E-state index contributed by atoms with van der Waals surface area (Å²) in [5.41, 5.74) is -1.33. The number of ketones is 1. The zero-order chi connectivity index (χ0) is 32.7. The molecule has 4 fully saturated rings. The van der Waals surface area contributed by atoms with Gasteiger partial charge in [-0.05, 0) is 129 Å². The average molecular weight is 627 g/mol. The smallest absolute Gasteiger partial charge is 0.159 e. The Bertz CT molecular complexity index is 1340. The van der Waals surface area contributed by atoms with Crippen molar-refractivity contribution in [2.75, 3.05) is 6.61 Å². The number of carbonyl (C=O) groups excluding carboxylic acids is 1. The van der Waals surface area contributed by atoms with E-state index in [0.717, 1.165) is 16.7 Å². The van der Waals surface area contributed by atoms with Gasteiger partial charge in [0.1, 0.15) is 11.9 Å². The number of aliphatic hydroxyl groups excluding tert-OH is 3. The molecule has 1 aromatic rings. The maximum Gasteiger partial charge on any atom is 0.159 e. The summed E-state index contributed by atoms with van der Waals surface area (Å²) in [5.74, 6) is -0.118. The highest BCUT2D eigenvalue weighted by Crippen LogP contribution is 2.70. The molecule has 4 aliphatic carbocycles. The maximum atomic E-state index is 13.8. The molecule has 5 aliphatic rings. The van der Waals surface area contributed by atoms with Crippen LogP contribution in [0.1, 0.15) is 90.7 Å². The summed E-state index contributed by atoms with van der Waals surface area (Å²) < 4.78 is 6.22. The molecule has 1 saturated heterocycles. The Morgan fingerprint density at radius 1 is 1.04 bits per heavy atom. The maximum absolute atomic E-state index is 13.8. The molecule has 250 valence electrons. The number of rotatable bonds is 9. The molecule has 0 aromatic heterocycles. The van der Waals surface area contributed by atoms with Gasteiger partial charge in [0.05, 0.1) is 29.5 Å². The second kappa shape index (κ2) is 11.4. The molecule has 3 saturated carbocycles. The number of phenols is 1. The van der Waals surface area contributed by atoms with Gasteiger partial charge in [-0.3, -0.25) is 4.79 Å². The van der Waals surface area contributed by atoms with Crippen molar-refractivity contribution in [3.63, 3.8) is 0 Å². The normalized spacial score (nSPS) is 42.8. The fraction of sp³-hybridized carbons (Fsp3) is 0.757. The largest absolute Gasteiger partial charge is 0.508 e. The van der Waals surface area contributed by atoms with E-state index < -0.39 is 40.2 Å². The summed E-state index contributed by atoms with van der Waals surface area (Å²) >= 11 is 0. The van der Waals surface area contributed by atoms with Gasteiger partial charge in [-0.2, -0.15) is 0 Å². The van der Waals surface area contributed by atoms with Crippen LogP contribution in [0.3, 0.4) is 0 Å². The first kappa shape index (κ1) is 33.1. The number of aliphatic hydroxyl groups is 5. The fourth-order valence-corrected chi connectivity index (χ4v) is 10.7. The molecule has 1 heterocycles. The number of allylic oxidation sites excluding steroid dienone is 1. The first-order valence-corrected chi connectivity index (χ1v) is 17.2. The molecule has 6 N–H and O–H groups in total. The zero-order valence-electron chi connectivity index (χ0n) is 27.6. The second-order valence-corrected chi connectivity index (χ2v) is 16.1. The van der Waals surface area contributed by atoms with Crippen molar-refractivity contribution in [3.8, 4) is 5.75 Å². The number of carbonyl (C=O) groups is 1. The Morgan fingerprint density at radius 3 is 2.47 bits per heavy atom. The van der Waals surface area contributed by atoms with Gasteiger partial charge in [0.15, 0.2) is 5.78 Å². The number of fused-ring (bicyclic) bond motifs is 5. The van der Waals surface area contributed by atoms with E-state index in [1.807, 2.05) is 19.9 Å². The van der Waals surface area contributed by atoms with E-state index in [4.69, 9.17) is 4.74 Å². The van der Waals surface area contributed by atoms with Gasteiger partial charge in [-0.25, -0.2) is 0 Å². The van der Waals surface area contributed by atoms with Crippen LogP contribution in [0, 0.1) is 40.4 Å². The van der Waals surface area contributed by atoms with E-state index in [0.29, 0.717) is 57.3 Å². The Hall–Kier alpha value is -1.81. The highest BCUT2D eigenvalue weighted by Gasteiger charge is 2.72. The summed E-state index contributed by atoms with van der Waals surface area (Å²) in [6.45, 7) is 10.4. The van der Waals surface area contributed by atoms with Crippen LogP contribution in [0.5, 0.6) is 5.75 Å². The first-order chi connectivity index (χ1) is 21.1. The van der Waals surface area contributed by atoms with Crippen LogP contribution < -0.4 is 0 Å². The summed E-state index contributed by atoms with van der Waals surface area (Å²) in [4.78, 5) is 13.8. The topological polar surface area (TPSA) is 151 Å². The van der Waals surface area contributed by atoms with Gasteiger partial charge < -0.3 is 35.4 Å². The standard InChI is InChI=1S/C37H54O8/c1-20(2)21(3)32-33(45-32)35(5,43)31-10-14-37(44)26-17-28(40)27-18-29(41)30(42)19-34(27,4)25(26)9-13-36(31,37)12-8-23-16-24(39)7-6-22(23)11-15-38/h6-7,16-17,20-21,25,27,29-33,38-39,41-44H,8-15,18-19H2,1-5H3. The number of benzene rings is 1. The van der Waals surface area contributed by atoms with Gasteiger partial charge in [-0.1, -0.05) is 33.8 Å². The minimum Gasteiger partial charge on any atom is -0.508 e. The van der Waals surface area contributed by atoms with Crippen LogP contribution in [-0.4, -0.2) is 78.6 Å². The van der Waals surface area contributed by atoms with Gasteiger partial charge in [0.25, 0.3) is 0 Å². The van der Waals surface area contributed by atoms with Crippen molar-refractivity contribution in [1.82, 2.24) is 0 Å². The Kier molecular flexibility index (Phi) is 8.40. The minimum atomic E-state index is -1.35. The predicted octanol–water partition coefficient (Wildman–Crippen LogP) is 3.85. The molecular weight excluding hydrogens is 572 g/mol. The molecule has 0 bridgehead atoms. The lowest BCUT2D eigenvalue weighted by molar-refractivity contribution is -0.168. The third-order valence-electron chi connectivity index (χ3n) is 13.6. The lowest BCUT2D eigenvalue weighted by Crippen LogP contribution is -2.63. The van der Waals surface area contributed by atoms with Gasteiger partial charge >= 0.3 is 0 Å². The molecule has 6 rings (SSSR count). The lowest BCUT2D eigenvalue weighted by Gasteiger charge is -2.61. The highest BCUT2D eigenvalue weighted by atomic mass is 16.6. The van der Waals surface area contributed by atoms with Crippen molar-refractivity contribution >= 4 is 5.78 Å². The predicted molar refractivity (Wildman–Crippen MR) is 169 cm³/mol. The number of hydrogen-bond acceptors (Lipinski definition) is 8. The molecule has 12 atom stereocenters. The molecule has 0 amide bonds. The summed E-state index contributed by atoms with van der Waals surface area (Å²) in [6, 6.07) is 5.21. The Morgan fingerprint density at radius 2 is 1.78 bits per heavy atom. The molecule has 8 nitrogen and oxygen atoms in total. The molecule has 0 radical (unpaired) electrons. The molecular formula is C37H54O8. The quantitative estimate of drug-likeness (QED) is 0.226. The number of aryl methyl sites for hydroxylation is 1. The van der Waals surface area contributed by atoms with Crippen molar-refractivity contribution in [2.45, 2.75) is 128 Å². The number of hydrogen-bond donors (Lipinski definition) is 6. The van der Waals surface area contributed by atoms with Gasteiger partial charge in [-0.15, -0.1) is 0 Å². The first-order valence-electron chi connectivity index (χ1n) is 17.2. The van der Waals surface area contributed by atoms with E-state index in [9.17, 15) is 35.4 Å². The van der Waals surface area contributed by atoms with Crippen LogP contribution in [0.4, 0.5) is 0 Å². The van der Waals surface area contributed by atoms with Crippen molar-refractivity contribution in [3.05, 3.63) is 41.0 Å². The molecule has 1 aliphatic heterocycles. The van der Waals surface area contributed by atoms with Crippen LogP contribution in [0.25, 0.3) is 0 Å². The zero-order valence-corrected chi connectivity index (χ0v) is 27.6. The van der Waals surface area contributed by atoms with E-state index in [-0.39, 0.29) is 54.5 Å². The number of epoxide rings is 1. The number of aromatic hydroxyl groups is 1. The summed E-state index contributed by atoms with van der Waals surface area (Å²) in [7, 11) is 0. The van der Waals surface area contributed by atoms with Crippen molar-refractivity contribution in [2.24, 2.45) is 40.4 Å². The molecule has 45 heavy (non-hydrogen) atoms. The third-order valence-corrected chi connectivity index (χ3v) is 13.6. The molecule has 0 spiro atoms. The molecule has 8 heteroatoms. The van der Waals surface area contributed by atoms with E-state index in [1.165, 1.54) is 0 Å². The number of phenolic OH excluding ortho intramolecular Hbond substituents is 1. The average Bonchev–Trinajstić information content (AvgIpc) is 3.72. The van der Waals surface area contributed by atoms with Gasteiger partial charge in [0.2, 0.25) is 0 Å². The van der Waals surface area contributed by atoms with Crippen LogP contribution in [-0.2, 0) is 22.4 Å². The van der Waals surface area contributed by atoms with E-state index >= 15 is 0 Å². The van der Waals surface area contributed by atoms with E-state index in [1.54, 1.807) is 18.2 Å². The van der Waals surface area contributed by atoms with Crippen molar-refractivity contribution < 1.29 is 40.2 Å². The molecule has 1 aromatic carbocycles. The lowest BCUT2D eigenvalue weighted by atomic mass is 9.44. The fourth-order valence-electron chi connectivity index (χ4n) is 10.7. The second-order valence-electron chi connectivity index (χ2n) is 16.1. The Balaban J connectivity index is 1.42. The van der Waals surface area contributed by atoms with E-state index in [2.05, 4.69) is 20.8 Å². The minimum absolute atomic E-state index is 0.0182. The van der Waals surface area contributed by atoms with Crippen LogP contribution >= 0.6 is 0 Å². The van der Waals surface area contributed by atoms with Gasteiger partial charge in [0, 0.05) is 17.9 Å². The number of ether oxygens (including phenoxy) is 1. The van der Waals surface area contributed by atoms with Crippen molar-refractivity contribution in [1.29, 1.82) is 0 Å². The SMILES string of the molecule is CC(C)C(C)C1OC1C(C)(O)C1CCC2(O)C3=CC(=O)C4CC(O)C(O)CC4(C)C3CCC12CCc1cc(O)ccc1CCO. The van der Waals surface area contributed by atoms with Crippen LogP contribution in [0.2, 0.25) is 0 Å². The summed E-state index contributed by atoms with van der Waals surface area (Å²) in [5, 5.41) is 66.9. The molecule has 12 unspecified atom stereocenters. The summed E-state index contributed by atoms with van der Waals surface area (Å²) in [6.07, 6.45) is 3.76. The monoisotopic (exact) mass is 626 g/mol. The van der Waals surface area contributed by atoms with Crippen LogP contribution in [0.15, 0.2) is 29.8 Å².